The molecular formula is C19H16FN3O3S. The zero-order valence-corrected chi connectivity index (χ0v) is 15.7. The minimum absolute atomic E-state index is 0.274. The molecule has 0 bridgehead atoms. The maximum atomic E-state index is 13.3. The number of benzene rings is 2. The van der Waals surface area contributed by atoms with E-state index >= 15 is 0 Å². The highest BCUT2D eigenvalue weighted by Crippen LogP contribution is 2.38. The van der Waals surface area contributed by atoms with Crippen LogP contribution < -0.4 is 15.0 Å². The van der Waals surface area contributed by atoms with Crippen LogP contribution >= 0.6 is 11.3 Å². The molecule has 0 radical (unpaired) electrons. The van der Waals surface area contributed by atoms with E-state index in [1.807, 2.05) is 19.1 Å². The second kappa shape index (κ2) is 6.02. The summed E-state index contributed by atoms with van der Waals surface area (Å²) in [6.07, 6.45) is 0. The monoisotopic (exact) mass is 385 g/mol. The molecular weight excluding hydrogens is 369 g/mol. The maximum absolute atomic E-state index is 13.3. The molecule has 27 heavy (non-hydrogen) atoms. The Hall–Kier alpha value is -3.00. The quantitative estimate of drug-likeness (QED) is 0.686. The van der Waals surface area contributed by atoms with Crippen LogP contribution in [0.1, 0.15) is 12.5 Å². The molecule has 0 saturated carbocycles. The van der Waals surface area contributed by atoms with Gasteiger partial charge in [-0.15, -0.1) is 0 Å². The summed E-state index contributed by atoms with van der Waals surface area (Å²) in [4.78, 5) is 31.4. The van der Waals surface area contributed by atoms with Crippen molar-refractivity contribution in [2.24, 2.45) is 0 Å². The van der Waals surface area contributed by atoms with Gasteiger partial charge in [-0.05, 0) is 49.7 Å². The topological polar surface area (TPSA) is 71.5 Å². The van der Waals surface area contributed by atoms with Crippen LogP contribution in [0.4, 0.5) is 15.2 Å². The van der Waals surface area contributed by atoms with Crippen LogP contribution in [0, 0.1) is 12.7 Å². The Bertz CT molecular complexity index is 1100. The SMILES string of the molecule is Cc1ccc2c(c1)N(C)C(=O)C(C)(C(=O)Nc1nc3ccc(F)cc3s1)O2. The number of carbonyl (C=O) groups excluding carboxylic acids is 2. The van der Waals surface area contributed by atoms with Crippen LogP contribution in [0.15, 0.2) is 36.4 Å². The summed E-state index contributed by atoms with van der Waals surface area (Å²) >= 11 is 1.13. The first-order valence-corrected chi connectivity index (χ1v) is 9.05. The van der Waals surface area contributed by atoms with E-state index in [4.69, 9.17) is 4.74 Å². The summed E-state index contributed by atoms with van der Waals surface area (Å²) in [5.74, 6) is -1.04. The minimum atomic E-state index is -1.74. The number of nitrogens with zero attached hydrogens (tertiary/aromatic N) is 2. The van der Waals surface area contributed by atoms with Crippen LogP contribution in [0.3, 0.4) is 0 Å². The van der Waals surface area contributed by atoms with E-state index < -0.39 is 17.4 Å². The second-order valence-electron chi connectivity index (χ2n) is 6.56. The van der Waals surface area contributed by atoms with Crippen molar-refractivity contribution in [1.82, 2.24) is 4.98 Å². The molecule has 1 aliphatic rings. The normalized spacial score (nSPS) is 19.0. The fourth-order valence-electron chi connectivity index (χ4n) is 2.98. The summed E-state index contributed by atoms with van der Waals surface area (Å²) < 4.78 is 19.7. The lowest BCUT2D eigenvalue weighted by molar-refractivity contribution is -0.144. The molecule has 8 heteroatoms. The average molecular weight is 385 g/mol. The van der Waals surface area contributed by atoms with Crippen LogP contribution in [-0.2, 0) is 9.59 Å². The number of carbonyl (C=O) groups is 2. The molecule has 2 heterocycles. The standard InChI is InChI=1S/C19H16FN3O3S/c1-10-4-7-14-13(8-10)23(3)17(25)19(2,26-14)16(24)22-18-21-12-6-5-11(20)9-15(12)27-18/h4-9H,1-3H3,(H,21,22,24). The van der Waals surface area contributed by atoms with Crippen LogP contribution in [0.25, 0.3) is 10.2 Å². The lowest BCUT2D eigenvalue weighted by atomic mass is 10.00. The Kier molecular flexibility index (Phi) is 3.88. The molecule has 2 aromatic carbocycles. The van der Waals surface area contributed by atoms with Crippen molar-refractivity contribution in [2.45, 2.75) is 19.4 Å². The number of amides is 2. The fourth-order valence-corrected chi connectivity index (χ4v) is 3.87. The molecule has 6 nitrogen and oxygen atoms in total. The van der Waals surface area contributed by atoms with E-state index in [1.165, 1.54) is 30.0 Å². The number of aryl methyl sites for hydroxylation is 1. The van der Waals surface area contributed by atoms with Crippen molar-refractivity contribution < 1.29 is 18.7 Å². The highest BCUT2D eigenvalue weighted by molar-refractivity contribution is 7.22. The third kappa shape index (κ3) is 2.82. The van der Waals surface area contributed by atoms with E-state index in [0.29, 0.717) is 21.7 Å². The van der Waals surface area contributed by atoms with Crippen molar-refractivity contribution >= 4 is 44.2 Å². The van der Waals surface area contributed by atoms with Crippen molar-refractivity contribution in [1.29, 1.82) is 0 Å². The molecule has 1 atom stereocenters. The molecule has 2 amide bonds. The number of ether oxygens (including phenoxy) is 1. The van der Waals surface area contributed by atoms with Gasteiger partial charge in [0, 0.05) is 7.05 Å². The van der Waals surface area contributed by atoms with Crippen molar-refractivity contribution in [3.8, 4) is 5.75 Å². The Morgan fingerprint density at radius 2 is 2.07 bits per heavy atom. The highest BCUT2D eigenvalue weighted by Gasteiger charge is 2.50. The summed E-state index contributed by atoms with van der Waals surface area (Å²) in [7, 11) is 1.61. The summed E-state index contributed by atoms with van der Waals surface area (Å²) in [6, 6.07) is 9.60. The van der Waals surface area contributed by atoms with Gasteiger partial charge in [-0.25, -0.2) is 9.37 Å². The lowest BCUT2D eigenvalue weighted by Gasteiger charge is -2.37. The van der Waals surface area contributed by atoms with Gasteiger partial charge in [-0.1, -0.05) is 17.4 Å². The Morgan fingerprint density at radius 1 is 1.30 bits per heavy atom. The van der Waals surface area contributed by atoms with E-state index in [9.17, 15) is 14.0 Å². The largest absolute Gasteiger partial charge is 0.465 e. The first-order valence-electron chi connectivity index (χ1n) is 8.23. The van der Waals surface area contributed by atoms with Crippen LogP contribution in [0.5, 0.6) is 5.75 Å². The first kappa shape index (κ1) is 17.4. The molecule has 1 aromatic heterocycles. The number of likely N-dealkylation sites (N-methyl/N-ethyl adjacent to an activating group) is 1. The van der Waals surface area contributed by atoms with Gasteiger partial charge in [0.05, 0.1) is 15.9 Å². The first-order chi connectivity index (χ1) is 12.8. The van der Waals surface area contributed by atoms with Gasteiger partial charge in [-0.2, -0.15) is 0 Å². The molecule has 4 rings (SSSR count). The predicted octanol–water partition coefficient (Wildman–Crippen LogP) is 3.50. The van der Waals surface area contributed by atoms with Crippen LogP contribution in [-0.4, -0.2) is 29.4 Å². The molecule has 3 aromatic rings. The summed E-state index contributed by atoms with van der Waals surface area (Å²) in [6.45, 7) is 3.34. The molecule has 1 unspecified atom stereocenters. The predicted molar refractivity (Wildman–Crippen MR) is 102 cm³/mol. The van der Waals surface area contributed by atoms with Crippen molar-refractivity contribution in [3.05, 3.63) is 47.8 Å². The Labute approximate surface area is 158 Å². The van der Waals surface area contributed by atoms with Gasteiger partial charge < -0.3 is 9.64 Å². The lowest BCUT2D eigenvalue weighted by Crippen LogP contribution is -2.59. The molecule has 0 fully saturated rings. The summed E-state index contributed by atoms with van der Waals surface area (Å²) in [5.41, 5.74) is 0.420. The number of thiazole rings is 1. The number of nitrogens with one attached hydrogen (secondary N) is 1. The number of hydrogen-bond acceptors (Lipinski definition) is 5. The van der Waals surface area contributed by atoms with Gasteiger partial charge in [-0.3, -0.25) is 14.9 Å². The Balaban J connectivity index is 1.65. The van der Waals surface area contributed by atoms with Gasteiger partial charge in [0.15, 0.2) is 5.13 Å². The number of anilines is 2. The van der Waals surface area contributed by atoms with E-state index in [0.717, 1.165) is 16.9 Å². The summed E-state index contributed by atoms with van der Waals surface area (Å²) in [5, 5.41) is 2.90. The zero-order chi connectivity index (χ0) is 19.3. The number of fused-ring (bicyclic) bond motifs is 2. The number of halogens is 1. The fraction of sp³-hybridized carbons (Fsp3) is 0.211. The van der Waals surface area contributed by atoms with Gasteiger partial charge in [0.1, 0.15) is 11.6 Å². The van der Waals surface area contributed by atoms with Gasteiger partial charge in [0.2, 0.25) is 0 Å². The van der Waals surface area contributed by atoms with Gasteiger partial charge in [0.25, 0.3) is 17.4 Å². The zero-order valence-electron chi connectivity index (χ0n) is 14.9. The molecule has 1 aliphatic heterocycles. The second-order valence-corrected chi connectivity index (χ2v) is 7.59. The highest BCUT2D eigenvalue weighted by atomic mass is 32.1. The van der Waals surface area contributed by atoms with E-state index in [2.05, 4.69) is 10.3 Å². The number of hydrogen-bond donors (Lipinski definition) is 1. The van der Waals surface area contributed by atoms with E-state index in [1.54, 1.807) is 13.1 Å². The number of rotatable bonds is 2. The molecule has 0 aliphatic carbocycles. The molecule has 1 N–H and O–H groups in total. The van der Waals surface area contributed by atoms with Crippen molar-refractivity contribution in [2.75, 3.05) is 17.3 Å². The third-order valence-corrected chi connectivity index (χ3v) is 5.44. The molecule has 0 spiro atoms. The molecule has 138 valence electrons. The van der Waals surface area contributed by atoms with Crippen LogP contribution in [0.2, 0.25) is 0 Å². The third-order valence-electron chi connectivity index (χ3n) is 4.51. The smallest absolute Gasteiger partial charge is 0.280 e. The van der Waals surface area contributed by atoms with Gasteiger partial charge >= 0.3 is 0 Å². The molecule has 0 saturated heterocycles. The number of aromatic nitrogens is 1. The minimum Gasteiger partial charge on any atom is -0.465 e. The van der Waals surface area contributed by atoms with E-state index in [-0.39, 0.29) is 10.9 Å². The average Bonchev–Trinajstić information content (AvgIpc) is 3.02. The maximum Gasteiger partial charge on any atom is 0.280 e. The Morgan fingerprint density at radius 3 is 2.85 bits per heavy atom. The van der Waals surface area contributed by atoms with Crippen molar-refractivity contribution in [3.63, 3.8) is 0 Å².